The summed E-state index contributed by atoms with van der Waals surface area (Å²) in [6.45, 7) is 17.5. The Kier molecular flexibility index (Phi) is 11.0. The molecule has 0 spiro atoms. The molecule has 4 aromatic heterocycles. The van der Waals surface area contributed by atoms with Crippen molar-refractivity contribution < 1.29 is 0 Å². The molecule has 0 aliphatic rings. The molecular formula is C33H41N5S. The van der Waals surface area contributed by atoms with Crippen molar-refractivity contribution in [1.82, 2.24) is 25.1 Å². The van der Waals surface area contributed by atoms with E-state index < -0.39 is 0 Å². The van der Waals surface area contributed by atoms with Crippen LogP contribution in [-0.2, 0) is 6.42 Å². The molecule has 0 saturated heterocycles. The molecular weight excluding hydrogens is 498 g/mol. The standard InChI is InChI=1S/C31H35N5S.C2H6/c1-7-9-27(25-13-15-37-20-25)28-17-30(33-23(28)4)31-22(3)29(34-35-31)12-11-21(2)26-16-24(18-32-19-26)10-8-14-36(5)6;1-2/h7,9,11-13,15-20,33-34H,1,3,8,10,14H2,2,4-6H3;1-2H3/b21-11+,27-9-,29-12+;. The van der Waals surface area contributed by atoms with Crippen LogP contribution < -0.4 is 10.6 Å². The van der Waals surface area contributed by atoms with Crippen molar-refractivity contribution in [2.45, 2.75) is 40.5 Å². The van der Waals surface area contributed by atoms with E-state index >= 15 is 0 Å². The van der Waals surface area contributed by atoms with Gasteiger partial charge in [0.1, 0.15) is 5.69 Å². The molecule has 0 aliphatic heterocycles. The predicted molar refractivity (Wildman–Crippen MR) is 170 cm³/mol. The van der Waals surface area contributed by atoms with E-state index in [4.69, 9.17) is 0 Å². The smallest absolute Gasteiger partial charge is 0.116 e. The number of aromatic nitrogens is 4. The summed E-state index contributed by atoms with van der Waals surface area (Å²) >= 11 is 1.69. The molecule has 2 N–H and O–H groups in total. The molecule has 0 unspecified atom stereocenters. The lowest BCUT2D eigenvalue weighted by Crippen LogP contribution is -2.21. The van der Waals surface area contributed by atoms with E-state index in [0.29, 0.717) is 0 Å². The van der Waals surface area contributed by atoms with Crippen LogP contribution in [0.2, 0.25) is 0 Å². The van der Waals surface area contributed by atoms with Crippen LogP contribution >= 0.6 is 11.3 Å². The van der Waals surface area contributed by atoms with Gasteiger partial charge in [0.25, 0.3) is 0 Å². The third kappa shape index (κ3) is 7.65. The second-order valence-electron chi connectivity index (χ2n) is 9.52. The summed E-state index contributed by atoms with van der Waals surface area (Å²) in [6.07, 6.45) is 14.0. The number of hydrogen-bond acceptors (Lipinski definition) is 4. The number of rotatable bonds is 10. The van der Waals surface area contributed by atoms with E-state index in [1.165, 1.54) is 11.1 Å². The zero-order chi connectivity index (χ0) is 28.4. The molecule has 5 nitrogen and oxygen atoms in total. The first-order chi connectivity index (χ1) is 18.9. The van der Waals surface area contributed by atoms with Gasteiger partial charge in [-0.15, -0.1) is 0 Å². The lowest BCUT2D eigenvalue weighted by Gasteiger charge is -2.09. The summed E-state index contributed by atoms with van der Waals surface area (Å²) in [5, 5.41) is 13.7. The number of aryl methyl sites for hydroxylation is 2. The fourth-order valence-electron chi connectivity index (χ4n) is 4.33. The predicted octanol–water partition coefficient (Wildman–Crippen LogP) is 6.60. The van der Waals surface area contributed by atoms with Crippen LogP contribution in [0.3, 0.4) is 0 Å². The maximum atomic E-state index is 4.59. The molecule has 0 atom stereocenters. The highest BCUT2D eigenvalue weighted by Crippen LogP contribution is 2.30. The molecule has 0 aliphatic carbocycles. The Morgan fingerprint density at radius 2 is 1.92 bits per heavy atom. The molecule has 0 bridgehead atoms. The van der Waals surface area contributed by atoms with Gasteiger partial charge >= 0.3 is 0 Å². The second kappa shape index (κ2) is 14.4. The van der Waals surface area contributed by atoms with Crippen LogP contribution in [0.5, 0.6) is 0 Å². The molecule has 4 heterocycles. The second-order valence-corrected chi connectivity index (χ2v) is 10.3. The van der Waals surface area contributed by atoms with Crippen molar-refractivity contribution in [3.63, 3.8) is 0 Å². The number of H-pyrrole nitrogens is 2. The SMILES string of the molecule is C=C/C=C(/c1ccsc1)c1cc(-c2n[nH]/c(=C/C=C(\C)c3cncc(CCCN(C)C)c3)c2=C)[nH]c1C.CC. The largest absolute Gasteiger partial charge is 0.357 e. The van der Waals surface area contributed by atoms with E-state index in [1.54, 1.807) is 11.3 Å². The molecule has 0 aromatic carbocycles. The summed E-state index contributed by atoms with van der Waals surface area (Å²) in [4.78, 5) is 10.2. The van der Waals surface area contributed by atoms with Gasteiger partial charge in [-0.3, -0.25) is 10.1 Å². The van der Waals surface area contributed by atoms with Gasteiger partial charge in [-0.05, 0) is 110 Å². The fraction of sp³-hybridized carbons (Fsp3) is 0.273. The molecule has 0 saturated carbocycles. The van der Waals surface area contributed by atoms with E-state index in [1.807, 2.05) is 38.4 Å². The average Bonchev–Trinajstić information content (AvgIpc) is 3.68. The first kappa shape index (κ1) is 29.8. The zero-order valence-electron chi connectivity index (χ0n) is 24.1. The first-order valence-corrected chi connectivity index (χ1v) is 14.4. The normalized spacial score (nSPS) is 12.5. The van der Waals surface area contributed by atoms with Gasteiger partial charge in [-0.2, -0.15) is 16.4 Å². The monoisotopic (exact) mass is 539 g/mol. The van der Waals surface area contributed by atoms with Gasteiger partial charge in [0, 0.05) is 28.9 Å². The molecule has 6 heteroatoms. The highest BCUT2D eigenvalue weighted by molar-refractivity contribution is 7.08. The highest BCUT2D eigenvalue weighted by Gasteiger charge is 2.14. The van der Waals surface area contributed by atoms with E-state index in [0.717, 1.165) is 69.3 Å². The van der Waals surface area contributed by atoms with Gasteiger partial charge in [0.15, 0.2) is 0 Å². The van der Waals surface area contributed by atoms with Gasteiger partial charge < -0.3 is 9.88 Å². The van der Waals surface area contributed by atoms with Gasteiger partial charge in [0.2, 0.25) is 0 Å². The van der Waals surface area contributed by atoms with Gasteiger partial charge in [-0.1, -0.05) is 45.2 Å². The topological polar surface area (TPSA) is 60.6 Å². The fourth-order valence-corrected chi connectivity index (χ4v) is 4.98. The molecule has 39 heavy (non-hydrogen) atoms. The van der Waals surface area contributed by atoms with Crippen LogP contribution in [0.1, 0.15) is 55.1 Å². The first-order valence-electron chi connectivity index (χ1n) is 13.4. The molecule has 0 fully saturated rings. The van der Waals surface area contributed by atoms with Gasteiger partial charge in [-0.25, -0.2) is 0 Å². The Morgan fingerprint density at radius 3 is 2.62 bits per heavy atom. The summed E-state index contributed by atoms with van der Waals surface area (Å²) in [5.41, 5.74) is 9.83. The Balaban J connectivity index is 0.00000205. The molecule has 4 aromatic rings. The van der Waals surface area contributed by atoms with Crippen LogP contribution in [0.15, 0.2) is 66.2 Å². The Bertz CT molecular complexity index is 1530. The number of thiophene rings is 1. The number of nitrogens with one attached hydrogen (secondary N) is 2. The maximum absolute atomic E-state index is 4.59. The number of aromatic amines is 2. The van der Waals surface area contributed by atoms with Crippen LogP contribution in [0, 0.1) is 6.92 Å². The van der Waals surface area contributed by atoms with Crippen molar-refractivity contribution in [2.75, 3.05) is 20.6 Å². The number of nitrogens with zero attached hydrogens (tertiary/aromatic N) is 3. The minimum atomic E-state index is 0.819. The summed E-state index contributed by atoms with van der Waals surface area (Å²) in [7, 11) is 4.21. The highest BCUT2D eigenvalue weighted by atomic mass is 32.1. The lowest BCUT2D eigenvalue weighted by atomic mass is 10.00. The number of hydrogen-bond donors (Lipinski definition) is 2. The third-order valence-corrected chi connectivity index (χ3v) is 7.08. The summed E-state index contributed by atoms with van der Waals surface area (Å²) in [5.74, 6) is 0. The zero-order valence-corrected chi connectivity index (χ0v) is 25.0. The van der Waals surface area contributed by atoms with Crippen LogP contribution in [-0.4, -0.2) is 45.7 Å². The average molecular weight is 540 g/mol. The molecule has 4 rings (SSSR count). The van der Waals surface area contributed by atoms with E-state index in [9.17, 15) is 0 Å². The van der Waals surface area contributed by atoms with Crippen LogP contribution in [0.4, 0.5) is 0 Å². The number of allylic oxidation sites excluding steroid dienone is 4. The van der Waals surface area contributed by atoms with Crippen molar-refractivity contribution in [1.29, 1.82) is 0 Å². The number of pyridine rings is 1. The van der Waals surface area contributed by atoms with Crippen molar-refractivity contribution in [3.8, 4) is 11.4 Å². The molecule has 0 amide bonds. The van der Waals surface area contributed by atoms with E-state index in [2.05, 4.69) is 107 Å². The Morgan fingerprint density at radius 1 is 1.13 bits per heavy atom. The Hall–Kier alpha value is -3.74. The summed E-state index contributed by atoms with van der Waals surface area (Å²) in [6, 6.07) is 6.51. The minimum Gasteiger partial charge on any atom is -0.357 e. The molecule has 0 radical (unpaired) electrons. The van der Waals surface area contributed by atoms with E-state index in [-0.39, 0.29) is 0 Å². The summed E-state index contributed by atoms with van der Waals surface area (Å²) < 4.78 is 0. The Labute approximate surface area is 237 Å². The molecule has 204 valence electrons. The van der Waals surface area contributed by atoms with Gasteiger partial charge in [0.05, 0.1) is 11.0 Å². The van der Waals surface area contributed by atoms with Crippen molar-refractivity contribution in [3.05, 3.63) is 105 Å². The minimum absolute atomic E-state index is 0.819. The van der Waals surface area contributed by atoms with Crippen molar-refractivity contribution >= 4 is 35.1 Å². The quantitative estimate of drug-likeness (QED) is 0.223. The van der Waals surface area contributed by atoms with Crippen molar-refractivity contribution in [2.24, 2.45) is 0 Å². The lowest BCUT2D eigenvalue weighted by molar-refractivity contribution is 0.400. The van der Waals surface area contributed by atoms with Crippen LogP contribution in [0.25, 0.3) is 35.2 Å². The third-order valence-electron chi connectivity index (χ3n) is 6.40. The maximum Gasteiger partial charge on any atom is 0.116 e.